The van der Waals surface area contributed by atoms with Crippen molar-refractivity contribution in [1.82, 2.24) is 25.5 Å². The molecule has 0 saturated carbocycles. The quantitative estimate of drug-likeness (QED) is 0.612. The fourth-order valence-corrected chi connectivity index (χ4v) is 3.48. The van der Waals surface area contributed by atoms with Gasteiger partial charge in [0.2, 0.25) is 0 Å². The number of esters is 1. The van der Waals surface area contributed by atoms with Gasteiger partial charge >= 0.3 is 12.1 Å². The molecule has 0 radical (unpaired) electrons. The molecule has 1 aromatic carbocycles. The molecule has 5 rings (SSSR count). The van der Waals surface area contributed by atoms with E-state index >= 15 is 0 Å². The van der Waals surface area contributed by atoms with Gasteiger partial charge in [0.15, 0.2) is 6.73 Å². The fraction of sp³-hybridized carbons (Fsp3) is 0.471. The Labute approximate surface area is 155 Å². The number of rotatable bonds is 5. The van der Waals surface area contributed by atoms with Gasteiger partial charge in [0.1, 0.15) is 6.10 Å². The monoisotopic (exact) mass is 372 g/mol. The van der Waals surface area contributed by atoms with Gasteiger partial charge in [0.05, 0.1) is 5.56 Å². The standard InChI is InChI=1S/C17H20N6O4/c24-15(13-4-2-1-3-5-13)26-11-23(16-18-20-21-19-16)17(25)27-14-10-22-8-6-12(14)7-9-22/h1-5,12,14H,6-11H2,(H,18,19,20,21)/t14-/m0/s1. The van der Waals surface area contributed by atoms with Gasteiger partial charge in [-0.15, -0.1) is 5.10 Å². The van der Waals surface area contributed by atoms with Crippen molar-refractivity contribution in [2.45, 2.75) is 18.9 Å². The minimum Gasteiger partial charge on any atom is -0.444 e. The van der Waals surface area contributed by atoms with Gasteiger partial charge < -0.3 is 9.47 Å². The van der Waals surface area contributed by atoms with E-state index in [9.17, 15) is 9.59 Å². The molecule has 3 aliphatic heterocycles. The molecule has 0 unspecified atom stereocenters. The van der Waals surface area contributed by atoms with E-state index in [1.165, 1.54) is 0 Å². The zero-order valence-corrected chi connectivity index (χ0v) is 14.7. The first-order valence-electron chi connectivity index (χ1n) is 8.87. The number of aromatic amines is 1. The maximum Gasteiger partial charge on any atom is 0.419 e. The van der Waals surface area contributed by atoms with Gasteiger partial charge in [-0.25, -0.2) is 14.5 Å². The summed E-state index contributed by atoms with van der Waals surface area (Å²) in [7, 11) is 0. The Hall–Kier alpha value is -3.01. The molecule has 10 heteroatoms. The molecule has 2 bridgehead atoms. The highest BCUT2D eigenvalue weighted by atomic mass is 16.6. The number of piperidine rings is 3. The van der Waals surface area contributed by atoms with Gasteiger partial charge in [-0.1, -0.05) is 23.3 Å². The van der Waals surface area contributed by atoms with E-state index in [1.807, 2.05) is 0 Å². The zero-order chi connectivity index (χ0) is 18.6. The minimum absolute atomic E-state index is 0.0119. The average molecular weight is 372 g/mol. The minimum atomic E-state index is -0.656. The van der Waals surface area contributed by atoms with E-state index in [0.29, 0.717) is 11.5 Å². The van der Waals surface area contributed by atoms with E-state index in [1.54, 1.807) is 30.3 Å². The number of carbonyl (C=O) groups excluding carboxylic acids is 2. The molecule has 3 saturated heterocycles. The molecule has 2 aromatic rings. The Bertz CT molecular complexity index is 776. The molecule has 142 valence electrons. The first-order chi connectivity index (χ1) is 13.2. The largest absolute Gasteiger partial charge is 0.444 e. The van der Waals surface area contributed by atoms with Crippen molar-refractivity contribution >= 4 is 18.0 Å². The summed E-state index contributed by atoms with van der Waals surface area (Å²) >= 11 is 0. The van der Waals surface area contributed by atoms with Crippen molar-refractivity contribution in [2.24, 2.45) is 5.92 Å². The number of ether oxygens (including phenoxy) is 2. The lowest BCUT2D eigenvalue weighted by Gasteiger charge is -2.44. The van der Waals surface area contributed by atoms with E-state index in [2.05, 4.69) is 25.5 Å². The van der Waals surface area contributed by atoms with Crippen LogP contribution in [0, 0.1) is 5.92 Å². The number of amides is 1. The molecular weight excluding hydrogens is 352 g/mol. The van der Waals surface area contributed by atoms with Crippen molar-refractivity contribution in [2.75, 3.05) is 31.3 Å². The number of H-pyrrole nitrogens is 1. The Morgan fingerprint density at radius 3 is 2.63 bits per heavy atom. The SMILES string of the molecule is O=C(OCN(C(=O)O[C@H]1CN2CCC1CC2)c1nn[nH]n1)c1ccccc1. The highest BCUT2D eigenvalue weighted by molar-refractivity contribution is 5.90. The number of nitrogens with zero attached hydrogens (tertiary/aromatic N) is 5. The van der Waals surface area contributed by atoms with Gasteiger partial charge in [-0.3, -0.25) is 4.90 Å². The number of nitrogens with one attached hydrogen (secondary N) is 1. The summed E-state index contributed by atoms with van der Waals surface area (Å²) in [6.07, 6.45) is 1.20. The smallest absolute Gasteiger partial charge is 0.419 e. The van der Waals surface area contributed by atoms with Crippen molar-refractivity contribution in [3.63, 3.8) is 0 Å². The van der Waals surface area contributed by atoms with Crippen LogP contribution in [0.2, 0.25) is 0 Å². The second-order valence-electron chi connectivity index (χ2n) is 6.63. The normalized spacial score (nSPS) is 23.6. The number of carbonyl (C=O) groups is 2. The third kappa shape index (κ3) is 3.90. The van der Waals surface area contributed by atoms with Crippen molar-refractivity contribution in [1.29, 1.82) is 0 Å². The molecule has 1 amide bonds. The maximum absolute atomic E-state index is 12.7. The molecule has 1 N–H and O–H groups in total. The molecular formula is C17H20N6O4. The Morgan fingerprint density at radius 2 is 2.00 bits per heavy atom. The summed E-state index contributed by atoms with van der Waals surface area (Å²) < 4.78 is 10.9. The number of hydrogen-bond donors (Lipinski definition) is 1. The number of tetrazole rings is 1. The Morgan fingerprint density at radius 1 is 1.22 bits per heavy atom. The van der Waals surface area contributed by atoms with E-state index in [4.69, 9.17) is 9.47 Å². The van der Waals surface area contributed by atoms with Gasteiger partial charge in [-0.05, 0) is 49.2 Å². The van der Waals surface area contributed by atoms with Crippen LogP contribution < -0.4 is 4.90 Å². The van der Waals surface area contributed by atoms with Gasteiger partial charge in [0, 0.05) is 6.54 Å². The molecule has 1 aromatic heterocycles. The topological polar surface area (TPSA) is 114 Å². The second kappa shape index (κ2) is 7.70. The molecule has 3 fully saturated rings. The predicted molar refractivity (Wildman–Crippen MR) is 92.8 cm³/mol. The fourth-order valence-electron chi connectivity index (χ4n) is 3.48. The average Bonchev–Trinajstić information content (AvgIpc) is 3.24. The van der Waals surface area contributed by atoms with Crippen LogP contribution in [0.1, 0.15) is 23.2 Å². The van der Waals surface area contributed by atoms with Crippen LogP contribution in [-0.4, -0.2) is 70.1 Å². The molecule has 1 atom stereocenters. The van der Waals surface area contributed by atoms with Crippen LogP contribution in [0.4, 0.5) is 10.7 Å². The summed E-state index contributed by atoms with van der Waals surface area (Å²) in [6.45, 7) is 2.44. The van der Waals surface area contributed by atoms with Crippen molar-refractivity contribution < 1.29 is 19.1 Å². The summed E-state index contributed by atoms with van der Waals surface area (Å²) in [5.41, 5.74) is 0.385. The lowest BCUT2D eigenvalue weighted by atomic mass is 9.86. The van der Waals surface area contributed by atoms with E-state index in [0.717, 1.165) is 37.4 Å². The third-order valence-corrected chi connectivity index (χ3v) is 4.98. The summed E-state index contributed by atoms with van der Waals surface area (Å²) in [4.78, 5) is 28.2. The first-order valence-corrected chi connectivity index (χ1v) is 8.87. The molecule has 0 spiro atoms. The Kier molecular flexibility index (Phi) is 4.97. The number of aromatic nitrogens is 4. The van der Waals surface area contributed by atoms with Gasteiger partial charge in [-0.2, -0.15) is 5.21 Å². The third-order valence-electron chi connectivity index (χ3n) is 4.98. The number of hydrogen-bond acceptors (Lipinski definition) is 8. The van der Waals surface area contributed by atoms with Crippen LogP contribution in [0.5, 0.6) is 0 Å². The van der Waals surface area contributed by atoms with Crippen LogP contribution in [-0.2, 0) is 9.47 Å². The van der Waals surface area contributed by atoms with Crippen molar-refractivity contribution in [3.05, 3.63) is 35.9 Å². The van der Waals surface area contributed by atoms with E-state index in [-0.39, 0.29) is 18.8 Å². The highest BCUT2D eigenvalue weighted by Crippen LogP contribution is 2.30. The molecule has 27 heavy (non-hydrogen) atoms. The Balaban J connectivity index is 1.41. The van der Waals surface area contributed by atoms with Crippen LogP contribution in [0.15, 0.2) is 30.3 Å². The lowest BCUT2D eigenvalue weighted by Crippen LogP contribution is -2.53. The second-order valence-corrected chi connectivity index (χ2v) is 6.63. The summed E-state index contributed by atoms with van der Waals surface area (Å²) in [5, 5.41) is 13.4. The lowest BCUT2D eigenvalue weighted by molar-refractivity contribution is -0.0323. The van der Waals surface area contributed by atoms with Crippen LogP contribution in [0.25, 0.3) is 0 Å². The molecule has 3 aliphatic rings. The van der Waals surface area contributed by atoms with Crippen LogP contribution >= 0.6 is 0 Å². The van der Waals surface area contributed by atoms with E-state index < -0.39 is 12.1 Å². The summed E-state index contributed by atoms with van der Waals surface area (Å²) in [5.74, 6) is -0.209. The highest BCUT2D eigenvalue weighted by Gasteiger charge is 2.38. The van der Waals surface area contributed by atoms with Gasteiger partial charge in [0.25, 0.3) is 5.95 Å². The maximum atomic E-state index is 12.7. The van der Waals surface area contributed by atoms with Crippen molar-refractivity contribution in [3.8, 4) is 0 Å². The zero-order valence-electron chi connectivity index (χ0n) is 14.7. The summed E-state index contributed by atoms with van der Waals surface area (Å²) in [6, 6.07) is 8.53. The molecule has 0 aliphatic carbocycles. The number of benzene rings is 1. The predicted octanol–water partition coefficient (Wildman–Crippen LogP) is 1.05. The number of anilines is 1. The van der Waals surface area contributed by atoms with Crippen LogP contribution in [0.3, 0.4) is 0 Å². The molecule has 10 nitrogen and oxygen atoms in total. The first kappa shape index (κ1) is 17.4. The number of fused-ring (bicyclic) bond motifs is 3. The molecule has 4 heterocycles.